The Morgan fingerprint density at radius 1 is 1.43 bits per heavy atom. The minimum atomic E-state index is -0.478. The van der Waals surface area contributed by atoms with Gasteiger partial charge in [0.25, 0.3) is 5.91 Å². The minimum Gasteiger partial charge on any atom is -0.390 e. The zero-order valence-electron chi connectivity index (χ0n) is 12.4. The molecule has 4 fully saturated rings. The second-order valence-electron chi connectivity index (χ2n) is 7.68. The quantitative estimate of drug-likeness (QED) is 0.794. The van der Waals surface area contributed by atoms with Crippen molar-refractivity contribution in [1.82, 2.24) is 15.3 Å². The molecule has 4 bridgehead atoms. The number of hydrogen-bond acceptors (Lipinski definition) is 3. The number of carbonyl (C=O) groups is 1. The van der Waals surface area contributed by atoms with E-state index < -0.39 is 5.60 Å². The third kappa shape index (κ3) is 2.09. The molecule has 5 nitrogen and oxygen atoms in total. The van der Waals surface area contributed by atoms with Gasteiger partial charge >= 0.3 is 0 Å². The summed E-state index contributed by atoms with van der Waals surface area (Å²) in [5.41, 5.74) is -0.408. The van der Waals surface area contributed by atoms with E-state index in [1.54, 1.807) is 12.4 Å². The van der Waals surface area contributed by atoms with Gasteiger partial charge in [0.15, 0.2) is 5.82 Å². The fraction of sp³-hybridized carbons (Fsp3) is 0.750. The Morgan fingerprint density at radius 2 is 2.14 bits per heavy atom. The van der Waals surface area contributed by atoms with E-state index in [9.17, 15) is 9.90 Å². The van der Waals surface area contributed by atoms with Crippen LogP contribution in [-0.2, 0) is 0 Å². The molecule has 1 heterocycles. The number of aliphatic hydroxyl groups is 1. The first kappa shape index (κ1) is 13.3. The zero-order valence-corrected chi connectivity index (χ0v) is 12.4. The van der Waals surface area contributed by atoms with Gasteiger partial charge in [0.05, 0.1) is 5.60 Å². The van der Waals surface area contributed by atoms with Crippen LogP contribution in [0.4, 0.5) is 0 Å². The summed E-state index contributed by atoms with van der Waals surface area (Å²) in [4.78, 5) is 19.1. The van der Waals surface area contributed by atoms with E-state index >= 15 is 0 Å². The Hall–Kier alpha value is -1.36. The summed E-state index contributed by atoms with van der Waals surface area (Å²) in [7, 11) is 0. The van der Waals surface area contributed by atoms with Crippen molar-refractivity contribution in [3.8, 4) is 0 Å². The molecule has 3 atom stereocenters. The van der Waals surface area contributed by atoms with Crippen LogP contribution in [0.1, 0.15) is 56.1 Å². The molecule has 4 saturated carbocycles. The number of aromatic amines is 1. The average molecular weight is 289 g/mol. The lowest BCUT2D eigenvalue weighted by Crippen LogP contribution is -2.61. The number of amides is 1. The standard InChI is InChI=1S/C16H23N3O2/c1-10(19-14(20)13-17-2-3-18-13)15-5-11-4-12(6-15)8-16(21,7-11)9-15/h2-3,10-12,21H,4-9H2,1H3,(H,17,18)(H,19,20)/t10-,11+,12+,15?,16?/m1/s1. The molecule has 1 amide bonds. The molecule has 4 aliphatic carbocycles. The first-order valence-corrected chi connectivity index (χ1v) is 8.01. The number of nitrogens with one attached hydrogen (secondary N) is 2. The maximum atomic E-state index is 12.2. The predicted molar refractivity (Wildman–Crippen MR) is 77.6 cm³/mol. The fourth-order valence-electron chi connectivity index (χ4n) is 5.60. The monoisotopic (exact) mass is 289 g/mol. The van der Waals surface area contributed by atoms with Crippen LogP contribution in [0.3, 0.4) is 0 Å². The van der Waals surface area contributed by atoms with Crippen molar-refractivity contribution >= 4 is 5.91 Å². The molecule has 0 saturated heterocycles. The average Bonchev–Trinajstić information content (AvgIpc) is 2.89. The largest absolute Gasteiger partial charge is 0.390 e. The number of carbonyl (C=O) groups excluding carboxylic acids is 1. The first-order chi connectivity index (χ1) is 9.98. The molecule has 0 aromatic carbocycles. The van der Waals surface area contributed by atoms with E-state index in [0.29, 0.717) is 17.7 Å². The normalized spacial score (nSPS) is 42.0. The van der Waals surface area contributed by atoms with Gasteiger partial charge in [0, 0.05) is 18.4 Å². The highest BCUT2D eigenvalue weighted by Crippen LogP contribution is 2.62. The van der Waals surface area contributed by atoms with Gasteiger partial charge in [-0.25, -0.2) is 4.98 Å². The lowest BCUT2D eigenvalue weighted by atomic mass is 9.46. The van der Waals surface area contributed by atoms with Crippen LogP contribution in [-0.4, -0.2) is 32.6 Å². The smallest absolute Gasteiger partial charge is 0.287 e. The van der Waals surface area contributed by atoms with E-state index in [-0.39, 0.29) is 17.4 Å². The summed E-state index contributed by atoms with van der Waals surface area (Å²) >= 11 is 0. The van der Waals surface area contributed by atoms with Crippen LogP contribution >= 0.6 is 0 Å². The maximum Gasteiger partial charge on any atom is 0.287 e. The summed E-state index contributed by atoms with van der Waals surface area (Å²) in [6.07, 6.45) is 9.57. The van der Waals surface area contributed by atoms with E-state index in [4.69, 9.17) is 0 Å². The van der Waals surface area contributed by atoms with Gasteiger partial charge in [-0.2, -0.15) is 0 Å². The predicted octanol–water partition coefficient (Wildman–Crippen LogP) is 1.86. The van der Waals surface area contributed by atoms with Crippen molar-refractivity contribution in [2.24, 2.45) is 17.3 Å². The lowest BCUT2D eigenvalue weighted by Gasteiger charge is -2.62. The Kier molecular flexibility index (Phi) is 2.74. The first-order valence-electron chi connectivity index (χ1n) is 8.01. The molecule has 1 aromatic heterocycles. The van der Waals surface area contributed by atoms with Gasteiger partial charge in [-0.15, -0.1) is 0 Å². The van der Waals surface area contributed by atoms with Crippen molar-refractivity contribution < 1.29 is 9.90 Å². The van der Waals surface area contributed by atoms with Crippen LogP contribution in [0, 0.1) is 17.3 Å². The molecular formula is C16H23N3O2. The Balaban J connectivity index is 1.54. The van der Waals surface area contributed by atoms with Crippen LogP contribution in [0.2, 0.25) is 0 Å². The van der Waals surface area contributed by atoms with Crippen LogP contribution in [0.5, 0.6) is 0 Å². The summed E-state index contributed by atoms with van der Waals surface area (Å²) in [5.74, 6) is 1.50. The molecular weight excluding hydrogens is 266 g/mol. The molecule has 3 N–H and O–H groups in total. The molecule has 114 valence electrons. The number of hydrogen-bond donors (Lipinski definition) is 3. The van der Waals surface area contributed by atoms with Gasteiger partial charge in [-0.1, -0.05) is 0 Å². The van der Waals surface area contributed by atoms with E-state index in [2.05, 4.69) is 22.2 Å². The summed E-state index contributed by atoms with van der Waals surface area (Å²) in [6.45, 7) is 2.09. The molecule has 4 aliphatic rings. The number of nitrogens with zero attached hydrogens (tertiary/aromatic N) is 1. The van der Waals surface area contributed by atoms with Crippen molar-refractivity contribution in [2.45, 2.75) is 57.1 Å². The van der Waals surface area contributed by atoms with Crippen LogP contribution in [0.15, 0.2) is 12.4 Å². The second-order valence-corrected chi connectivity index (χ2v) is 7.68. The van der Waals surface area contributed by atoms with Crippen molar-refractivity contribution in [3.05, 3.63) is 18.2 Å². The minimum absolute atomic E-state index is 0.0705. The maximum absolute atomic E-state index is 12.2. The van der Waals surface area contributed by atoms with Crippen molar-refractivity contribution in [2.75, 3.05) is 0 Å². The highest BCUT2D eigenvalue weighted by Gasteiger charge is 2.59. The zero-order chi connectivity index (χ0) is 14.7. The number of H-pyrrole nitrogens is 1. The SMILES string of the molecule is C[C@@H](NC(=O)c1ncc[nH]1)C12C[C@@H]3C[C@H](CC(O)(C3)C1)C2. The highest BCUT2D eigenvalue weighted by atomic mass is 16.3. The van der Waals surface area contributed by atoms with Crippen LogP contribution in [0.25, 0.3) is 0 Å². The number of aromatic nitrogens is 2. The molecule has 0 spiro atoms. The van der Waals surface area contributed by atoms with Crippen molar-refractivity contribution in [3.63, 3.8) is 0 Å². The topological polar surface area (TPSA) is 78.0 Å². The fourth-order valence-corrected chi connectivity index (χ4v) is 5.60. The number of imidazole rings is 1. The third-order valence-electron chi connectivity index (χ3n) is 6.05. The van der Waals surface area contributed by atoms with E-state index in [1.165, 1.54) is 6.42 Å². The highest BCUT2D eigenvalue weighted by molar-refractivity contribution is 5.90. The second kappa shape index (κ2) is 4.32. The van der Waals surface area contributed by atoms with Gasteiger partial charge in [0.1, 0.15) is 0 Å². The van der Waals surface area contributed by atoms with Crippen LogP contribution < -0.4 is 5.32 Å². The molecule has 21 heavy (non-hydrogen) atoms. The molecule has 0 aliphatic heterocycles. The van der Waals surface area contributed by atoms with Gasteiger partial charge in [-0.05, 0) is 62.7 Å². The third-order valence-corrected chi connectivity index (χ3v) is 6.05. The summed E-state index contributed by atoms with van der Waals surface area (Å²) in [6, 6.07) is 0.0764. The van der Waals surface area contributed by atoms with Gasteiger partial charge < -0.3 is 15.4 Å². The number of rotatable bonds is 3. The molecule has 0 unspecified atom stereocenters. The Labute approximate surface area is 124 Å². The molecule has 5 rings (SSSR count). The molecule has 5 heteroatoms. The van der Waals surface area contributed by atoms with Gasteiger partial charge in [0.2, 0.25) is 0 Å². The summed E-state index contributed by atoms with van der Waals surface area (Å²) < 4.78 is 0. The lowest BCUT2D eigenvalue weighted by molar-refractivity contribution is -0.171. The van der Waals surface area contributed by atoms with E-state index in [0.717, 1.165) is 32.1 Å². The Bertz CT molecular complexity index is 540. The molecule has 1 aromatic rings. The Morgan fingerprint density at radius 3 is 2.71 bits per heavy atom. The van der Waals surface area contributed by atoms with E-state index in [1.807, 2.05) is 0 Å². The molecule has 0 radical (unpaired) electrons. The van der Waals surface area contributed by atoms with Crippen molar-refractivity contribution in [1.29, 1.82) is 0 Å². The van der Waals surface area contributed by atoms with Gasteiger partial charge in [-0.3, -0.25) is 4.79 Å². The summed E-state index contributed by atoms with van der Waals surface area (Å²) in [5, 5.41) is 13.9.